The van der Waals surface area contributed by atoms with Gasteiger partial charge in [0.2, 0.25) is 0 Å². The van der Waals surface area contributed by atoms with Crippen LogP contribution in [0, 0.1) is 24.9 Å². The first kappa shape index (κ1) is 26.7. The second-order valence-electron chi connectivity index (χ2n) is 10.4. The van der Waals surface area contributed by atoms with Crippen molar-refractivity contribution in [2.75, 3.05) is 13.1 Å². The van der Waals surface area contributed by atoms with Crippen LogP contribution in [0.3, 0.4) is 0 Å². The van der Waals surface area contributed by atoms with E-state index in [4.69, 9.17) is 13.7 Å². The molecule has 3 N–H and O–H groups in total. The number of nitrogens with two attached hydrogens (primary N) is 1. The van der Waals surface area contributed by atoms with Crippen LogP contribution in [-0.2, 0) is 34.2 Å². The van der Waals surface area contributed by atoms with Crippen LogP contribution in [-0.4, -0.2) is 56.0 Å². The Morgan fingerprint density at radius 1 is 1.08 bits per heavy atom. The highest BCUT2D eigenvalue weighted by atomic mass is 127. The predicted molar refractivity (Wildman–Crippen MR) is 151 cm³/mol. The summed E-state index contributed by atoms with van der Waals surface area (Å²) in [6, 6.07) is 12.8. The molecule has 12 heteroatoms. The molecule has 6 atom stereocenters. The van der Waals surface area contributed by atoms with Gasteiger partial charge in [0.15, 0.2) is 0 Å². The topological polar surface area (TPSA) is 133 Å². The number of carbonyl (C=O) groups excluding carboxylic acids is 2. The lowest BCUT2D eigenvalue weighted by atomic mass is 9.82. The van der Waals surface area contributed by atoms with Gasteiger partial charge in [0.25, 0.3) is 10.1 Å². The highest BCUT2D eigenvalue weighted by molar-refractivity contribution is 14.1. The van der Waals surface area contributed by atoms with Crippen LogP contribution in [0.4, 0.5) is 0 Å². The molecule has 0 radical (unpaired) electrons. The molecule has 0 spiro atoms. The fraction of sp³-hybridized carbons (Fsp3) is 0.462. The number of piperidine rings is 1. The number of phenolic OH excluding ortho intramolecular Hbond substituents is 1. The zero-order valence-corrected chi connectivity index (χ0v) is 25.2. The highest BCUT2D eigenvalue weighted by Gasteiger charge is 2.72. The Bertz CT molecular complexity index is 1400. The van der Waals surface area contributed by atoms with Crippen molar-refractivity contribution in [2.24, 2.45) is 17.8 Å². The minimum atomic E-state index is -4.06. The first-order chi connectivity index (χ1) is 18.1. The van der Waals surface area contributed by atoms with Gasteiger partial charge >= 0.3 is 11.9 Å². The lowest BCUT2D eigenvalue weighted by Gasteiger charge is -2.38. The molecule has 4 fully saturated rings. The van der Waals surface area contributed by atoms with Gasteiger partial charge in [-0.15, -0.1) is 0 Å². The molecule has 2 aliphatic carbocycles. The van der Waals surface area contributed by atoms with E-state index in [1.54, 1.807) is 6.07 Å². The Balaban J connectivity index is 1.30. The van der Waals surface area contributed by atoms with E-state index >= 15 is 0 Å². The Morgan fingerprint density at radius 3 is 2.50 bits per heavy atom. The summed E-state index contributed by atoms with van der Waals surface area (Å²) in [5.74, 6) is -3.59. The number of aromatic hydroxyl groups is 1. The first-order valence-electron chi connectivity index (χ1n) is 12.5. The molecule has 2 bridgehead atoms. The van der Waals surface area contributed by atoms with Gasteiger partial charge < -0.3 is 19.9 Å². The zero-order chi connectivity index (χ0) is 26.8. The van der Waals surface area contributed by atoms with E-state index in [2.05, 4.69) is 5.32 Å². The van der Waals surface area contributed by atoms with Crippen molar-refractivity contribution < 1.29 is 42.1 Å². The summed E-state index contributed by atoms with van der Waals surface area (Å²) in [6.07, 6.45) is -0.180. The number of hydrogen-bond acceptors (Lipinski definition) is 8. The largest absolute Gasteiger partial charge is 0.506 e. The molecule has 2 aromatic carbocycles. The SMILES string of the molecule is O=C(OC1C2CC3C1OS(=O)(=O)C3C2C(=O)OC1(c2ccccc2)CC[NH2+]CC1)c1cc(I)cc(I)c1O. The third-order valence-electron chi connectivity index (χ3n) is 8.39. The summed E-state index contributed by atoms with van der Waals surface area (Å²) < 4.78 is 44.9. The summed E-state index contributed by atoms with van der Waals surface area (Å²) in [5, 5.41) is 11.6. The first-order valence-corrected chi connectivity index (χ1v) is 16.2. The van der Waals surface area contributed by atoms with Crippen molar-refractivity contribution in [3.05, 3.63) is 60.7 Å². The third-order valence-corrected chi connectivity index (χ3v) is 11.6. The maximum atomic E-state index is 13.9. The molecular weight excluding hydrogens is 740 g/mol. The lowest BCUT2D eigenvalue weighted by Crippen LogP contribution is -2.87. The quantitative estimate of drug-likeness (QED) is 0.270. The van der Waals surface area contributed by atoms with E-state index in [0.29, 0.717) is 22.8 Å². The number of benzene rings is 2. The molecule has 2 aliphatic heterocycles. The van der Waals surface area contributed by atoms with Gasteiger partial charge in [-0.25, -0.2) is 4.79 Å². The average molecular weight is 766 g/mol. The zero-order valence-electron chi connectivity index (χ0n) is 20.1. The van der Waals surface area contributed by atoms with Crippen LogP contribution in [0.15, 0.2) is 42.5 Å². The van der Waals surface area contributed by atoms with E-state index in [1.807, 2.05) is 75.5 Å². The van der Waals surface area contributed by atoms with E-state index in [0.717, 1.165) is 22.2 Å². The van der Waals surface area contributed by atoms with Crippen molar-refractivity contribution in [1.29, 1.82) is 0 Å². The minimum absolute atomic E-state index is 0.0120. The van der Waals surface area contributed by atoms with E-state index in [1.165, 1.54) is 6.07 Å². The monoisotopic (exact) mass is 766 g/mol. The number of fused-ring (bicyclic) bond motifs is 1. The molecule has 2 aromatic rings. The molecule has 2 saturated carbocycles. The second kappa shape index (κ2) is 9.85. The number of esters is 2. The molecule has 9 nitrogen and oxygen atoms in total. The number of halogens is 2. The molecule has 6 unspecified atom stereocenters. The standard InChI is InChI=1S/C26H25I2NO8S/c27-14-10-16(20(30)18(28)11-14)24(31)35-21-15-12-17-22(21)37-38(33,34)23(17)19(15)25(32)36-26(6-8-29-9-7-26)13-4-2-1-3-5-13/h1-5,10-11,15,17,19,21-23,29-30H,6-9,12H2/p+1. The van der Waals surface area contributed by atoms with E-state index in [-0.39, 0.29) is 11.3 Å². The van der Waals surface area contributed by atoms with Crippen LogP contribution in [0.1, 0.15) is 35.2 Å². The summed E-state index contributed by atoms with van der Waals surface area (Å²) in [7, 11) is -4.06. The van der Waals surface area contributed by atoms with Crippen LogP contribution < -0.4 is 5.32 Å². The van der Waals surface area contributed by atoms with Gasteiger partial charge in [0.1, 0.15) is 34.4 Å². The molecule has 0 aromatic heterocycles. The van der Waals surface area contributed by atoms with E-state index in [9.17, 15) is 23.1 Å². The van der Waals surface area contributed by atoms with Crippen molar-refractivity contribution in [3.63, 3.8) is 0 Å². The number of phenols is 1. The van der Waals surface area contributed by atoms with Crippen LogP contribution >= 0.6 is 45.2 Å². The highest BCUT2D eigenvalue weighted by Crippen LogP contribution is 2.59. The molecule has 4 aliphatic rings. The maximum Gasteiger partial charge on any atom is 0.342 e. The maximum absolute atomic E-state index is 13.9. The average Bonchev–Trinajstić information content (AvgIpc) is 3.50. The van der Waals surface area contributed by atoms with Crippen LogP contribution in [0.2, 0.25) is 0 Å². The van der Waals surface area contributed by atoms with Crippen molar-refractivity contribution >= 4 is 67.2 Å². The van der Waals surface area contributed by atoms with Gasteiger partial charge in [-0.2, -0.15) is 8.42 Å². The summed E-state index contributed by atoms with van der Waals surface area (Å²) in [6.45, 7) is 1.56. The third kappa shape index (κ3) is 4.34. The van der Waals surface area contributed by atoms with Gasteiger partial charge in [-0.05, 0) is 69.3 Å². The Hall–Kier alpha value is -1.49. The number of quaternary nitrogens is 1. The van der Waals surface area contributed by atoms with Crippen molar-refractivity contribution in [3.8, 4) is 5.75 Å². The fourth-order valence-corrected chi connectivity index (χ4v) is 10.7. The Labute approximate surface area is 247 Å². The molecule has 6 rings (SSSR count). The van der Waals surface area contributed by atoms with E-state index < -0.39 is 62.9 Å². The van der Waals surface area contributed by atoms with Crippen LogP contribution in [0.5, 0.6) is 5.75 Å². The fourth-order valence-electron chi connectivity index (χ4n) is 6.75. The van der Waals surface area contributed by atoms with Gasteiger partial charge in [0, 0.05) is 28.2 Å². The second-order valence-corrected chi connectivity index (χ2v) is 14.5. The van der Waals surface area contributed by atoms with Crippen molar-refractivity contribution in [1.82, 2.24) is 0 Å². The van der Waals surface area contributed by atoms with Crippen molar-refractivity contribution in [2.45, 2.75) is 42.3 Å². The van der Waals surface area contributed by atoms with Gasteiger partial charge in [0.05, 0.1) is 22.6 Å². The number of ether oxygens (including phenoxy) is 2. The number of carbonyl (C=O) groups is 2. The summed E-state index contributed by atoms with van der Waals surface area (Å²) in [4.78, 5) is 27.0. The Morgan fingerprint density at radius 2 is 1.79 bits per heavy atom. The number of hydrogen-bond donors (Lipinski definition) is 2. The van der Waals surface area contributed by atoms with Gasteiger partial charge in [-0.1, -0.05) is 30.3 Å². The minimum Gasteiger partial charge on any atom is -0.506 e. The normalized spacial score (nSPS) is 32.2. The summed E-state index contributed by atoms with van der Waals surface area (Å²) in [5.41, 5.74) is 0.0364. The number of rotatable bonds is 5. The molecule has 2 saturated heterocycles. The smallest absolute Gasteiger partial charge is 0.342 e. The molecule has 202 valence electrons. The molecular formula is C26H26I2NO8S+. The molecule has 0 amide bonds. The van der Waals surface area contributed by atoms with Gasteiger partial charge in [-0.3, -0.25) is 8.98 Å². The summed E-state index contributed by atoms with van der Waals surface area (Å²) >= 11 is 3.97. The van der Waals surface area contributed by atoms with Crippen LogP contribution in [0.25, 0.3) is 0 Å². The predicted octanol–water partition coefficient (Wildman–Crippen LogP) is 2.29. The lowest BCUT2D eigenvalue weighted by molar-refractivity contribution is -0.668. The Kier molecular flexibility index (Phi) is 6.93. The molecule has 38 heavy (non-hydrogen) atoms. The molecule has 2 heterocycles.